The molecule has 0 radical (unpaired) electrons. The van der Waals surface area contributed by atoms with Crippen molar-refractivity contribution in [1.82, 2.24) is 19.6 Å². The minimum Gasteiger partial charge on any atom is -0.384 e. The molecule has 0 fully saturated rings. The molecule has 0 aliphatic heterocycles. The number of halogens is 1. The van der Waals surface area contributed by atoms with E-state index in [4.69, 9.17) is 5.73 Å². The van der Waals surface area contributed by atoms with E-state index < -0.39 is 0 Å². The number of hydrogen-bond acceptors (Lipinski definition) is 3. The van der Waals surface area contributed by atoms with Gasteiger partial charge in [0.05, 0.1) is 11.4 Å². The van der Waals surface area contributed by atoms with Gasteiger partial charge < -0.3 is 5.73 Å². The highest BCUT2D eigenvalue weighted by Gasteiger charge is 2.08. The fraction of sp³-hybridized carbons (Fsp3) is 0.0769. The summed E-state index contributed by atoms with van der Waals surface area (Å²) in [5.41, 5.74) is 8.65. The summed E-state index contributed by atoms with van der Waals surface area (Å²) in [5, 5.41) is 8.58. The lowest BCUT2D eigenvalue weighted by Gasteiger charge is -2.06. The fourth-order valence-corrected chi connectivity index (χ4v) is 2.45. The Hall–Kier alpha value is -2.08. The number of nitrogens with zero attached hydrogens (tertiary/aromatic N) is 4. The first kappa shape index (κ1) is 12.0. The average molecular weight is 318 g/mol. The molecule has 0 saturated heterocycles. The van der Waals surface area contributed by atoms with Crippen molar-refractivity contribution in [2.45, 2.75) is 0 Å². The van der Waals surface area contributed by atoms with Crippen molar-refractivity contribution in [2.75, 3.05) is 5.73 Å². The van der Waals surface area contributed by atoms with Crippen LogP contribution in [0.2, 0.25) is 0 Å². The first-order valence-corrected chi connectivity index (χ1v) is 6.54. The molecule has 3 aromatic rings. The molecule has 2 aromatic heterocycles. The maximum absolute atomic E-state index is 5.80. The maximum atomic E-state index is 5.80. The highest BCUT2D eigenvalue weighted by atomic mass is 79.9. The summed E-state index contributed by atoms with van der Waals surface area (Å²) in [6.07, 6.45) is 3.65. The van der Waals surface area contributed by atoms with Gasteiger partial charge >= 0.3 is 0 Å². The SMILES string of the molecule is Cn1nc(-c2ccc(-n3cccn3)c(Br)c2)cc1N. The lowest BCUT2D eigenvalue weighted by Crippen LogP contribution is -1.97. The smallest absolute Gasteiger partial charge is 0.121 e. The van der Waals surface area contributed by atoms with E-state index in [0.29, 0.717) is 5.82 Å². The first-order valence-electron chi connectivity index (χ1n) is 5.74. The Morgan fingerprint density at radius 2 is 2.11 bits per heavy atom. The summed E-state index contributed by atoms with van der Waals surface area (Å²) in [5.74, 6) is 0.641. The molecule has 0 saturated carbocycles. The summed E-state index contributed by atoms with van der Waals surface area (Å²) in [7, 11) is 1.83. The zero-order valence-electron chi connectivity index (χ0n) is 10.3. The van der Waals surface area contributed by atoms with Gasteiger partial charge in [0, 0.05) is 35.5 Å². The van der Waals surface area contributed by atoms with E-state index in [9.17, 15) is 0 Å². The van der Waals surface area contributed by atoms with Crippen LogP contribution in [0.15, 0.2) is 47.2 Å². The minimum atomic E-state index is 0.641. The van der Waals surface area contributed by atoms with Crippen molar-refractivity contribution in [2.24, 2.45) is 7.05 Å². The van der Waals surface area contributed by atoms with E-state index in [1.807, 2.05) is 43.6 Å². The van der Waals surface area contributed by atoms with Gasteiger partial charge in [-0.15, -0.1) is 0 Å². The summed E-state index contributed by atoms with van der Waals surface area (Å²) < 4.78 is 4.42. The molecule has 1 aromatic carbocycles. The Labute approximate surface area is 118 Å². The van der Waals surface area contributed by atoms with E-state index in [2.05, 4.69) is 26.1 Å². The molecule has 0 aliphatic rings. The summed E-state index contributed by atoms with van der Waals surface area (Å²) in [4.78, 5) is 0. The number of rotatable bonds is 2. The predicted octanol–water partition coefficient (Wildman–Crippen LogP) is 2.62. The van der Waals surface area contributed by atoms with E-state index in [-0.39, 0.29) is 0 Å². The molecule has 6 heteroatoms. The molecule has 0 amide bonds. The van der Waals surface area contributed by atoms with Crippen molar-refractivity contribution in [1.29, 1.82) is 0 Å². The summed E-state index contributed by atoms with van der Waals surface area (Å²) in [6, 6.07) is 9.76. The monoisotopic (exact) mass is 317 g/mol. The van der Waals surface area contributed by atoms with Crippen molar-refractivity contribution in [3.05, 3.63) is 47.2 Å². The number of anilines is 1. The molecule has 2 heterocycles. The third-order valence-corrected chi connectivity index (χ3v) is 3.55. The van der Waals surface area contributed by atoms with Crippen molar-refractivity contribution in [3.63, 3.8) is 0 Å². The highest BCUT2D eigenvalue weighted by molar-refractivity contribution is 9.10. The van der Waals surface area contributed by atoms with Crippen LogP contribution in [0.3, 0.4) is 0 Å². The van der Waals surface area contributed by atoms with Crippen LogP contribution in [0, 0.1) is 0 Å². The number of nitrogen functional groups attached to an aromatic ring is 1. The standard InChI is InChI=1S/C13H12BrN5/c1-18-13(15)8-11(17-18)9-3-4-12(10(14)7-9)19-6-2-5-16-19/h2-8H,15H2,1H3. The van der Waals surface area contributed by atoms with Gasteiger partial charge in [0.25, 0.3) is 0 Å². The third kappa shape index (κ3) is 2.15. The van der Waals surface area contributed by atoms with Crippen molar-refractivity contribution >= 4 is 21.7 Å². The summed E-state index contributed by atoms with van der Waals surface area (Å²) in [6.45, 7) is 0. The lowest BCUT2D eigenvalue weighted by atomic mass is 10.1. The van der Waals surface area contributed by atoms with Crippen LogP contribution in [0.25, 0.3) is 16.9 Å². The Bertz CT molecular complexity index is 695. The second-order valence-electron chi connectivity index (χ2n) is 4.19. The Morgan fingerprint density at radius 1 is 1.26 bits per heavy atom. The van der Waals surface area contributed by atoms with Gasteiger partial charge in [-0.05, 0) is 34.1 Å². The molecule has 2 N–H and O–H groups in total. The molecule has 0 atom stereocenters. The van der Waals surface area contributed by atoms with Crippen LogP contribution in [0.1, 0.15) is 0 Å². The van der Waals surface area contributed by atoms with E-state index in [0.717, 1.165) is 21.4 Å². The second kappa shape index (κ2) is 4.55. The maximum Gasteiger partial charge on any atom is 0.121 e. The number of nitrogens with two attached hydrogens (primary N) is 1. The third-order valence-electron chi connectivity index (χ3n) is 2.91. The molecule has 5 nitrogen and oxygen atoms in total. The number of benzene rings is 1. The van der Waals surface area contributed by atoms with Gasteiger partial charge in [0.1, 0.15) is 5.82 Å². The Kier molecular flexibility index (Phi) is 2.87. The number of aryl methyl sites for hydroxylation is 1. The van der Waals surface area contributed by atoms with Crippen LogP contribution >= 0.6 is 15.9 Å². The highest BCUT2D eigenvalue weighted by Crippen LogP contribution is 2.27. The number of aromatic nitrogens is 4. The van der Waals surface area contributed by atoms with Crippen molar-refractivity contribution in [3.8, 4) is 16.9 Å². The zero-order valence-corrected chi connectivity index (χ0v) is 11.9. The molecule has 96 valence electrons. The fourth-order valence-electron chi connectivity index (χ4n) is 1.89. The van der Waals surface area contributed by atoms with Gasteiger partial charge in [-0.3, -0.25) is 4.68 Å². The van der Waals surface area contributed by atoms with Crippen LogP contribution in [0.5, 0.6) is 0 Å². The Morgan fingerprint density at radius 3 is 2.68 bits per heavy atom. The van der Waals surface area contributed by atoms with Crippen LogP contribution in [0.4, 0.5) is 5.82 Å². The molecule has 0 aliphatic carbocycles. The Balaban J connectivity index is 2.04. The van der Waals surface area contributed by atoms with E-state index >= 15 is 0 Å². The number of hydrogen-bond donors (Lipinski definition) is 1. The van der Waals surface area contributed by atoms with Crippen LogP contribution in [-0.4, -0.2) is 19.6 Å². The minimum absolute atomic E-state index is 0.641. The topological polar surface area (TPSA) is 61.7 Å². The molecule has 0 bridgehead atoms. The van der Waals surface area contributed by atoms with Crippen LogP contribution < -0.4 is 5.73 Å². The second-order valence-corrected chi connectivity index (χ2v) is 5.05. The van der Waals surface area contributed by atoms with Gasteiger partial charge in [-0.2, -0.15) is 10.2 Å². The molecule has 3 rings (SSSR count). The average Bonchev–Trinajstić information content (AvgIpc) is 3.00. The van der Waals surface area contributed by atoms with Gasteiger partial charge in [0.15, 0.2) is 0 Å². The van der Waals surface area contributed by atoms with E-state index in [1.54, 1.807) is 15.6 Å². The largest absolute Gasteiger partial charge is 0.384 e. The van der Waals surface area contributed by atoms with Gasteiger partial charge in [-0.1, -0.05) is 6.07 Å². The first-order chi connectivity index (χ1) is 9.15. The molecular formula is C13H12BrN5. The molecule has 0 unspecified atom stereocenters. The van der Waals surface area contributed by atoms with Crippen LogP contribution in [-0.2, 0) is 7.05 Å². The lowest BCUT2D eigenvalue weighted by molar-refractivity contribution is 0.782. The summed E-state index contributed by atoms with van der Waals surface area (Å²) >= 11 is 3.56. The van der Waals surface area contributed by atoms with Crippen molar-refractivity contribution < 1.29 is 0 Å². The van der Waals surface area contributed by atoms with Gasteiger partial charge in [0.2, 0.25) is 0 Å². The van der Waals surface area contributed by atoms with Gasteiger partial charge in [-0.25, -0.2) is 4.68 Å². The molecular weight excluding hydrogens is 306 g/mol. The predicted molar refractivity (Wildman–Crippen MR) is 77.9 cm³/mol. The van der Waals surface area contributed by atoms with E-state index in [1.165, 1.54) is 0 Å². The quantitative estimate of drug-likeness (QED) is 0.790. The normalized spacial score (nSPS) is 10.8. The molecule has 19 heavy (non-hydrogen) atoms. The molecule has 0 spiro atoms. The zero-order chi connectivity index (χ0) is 13.4.